The minimum atomic E-state index is -5.37. The highest BCUT2D eigenvalue weighted by atomic mass is 31.2. The number of aromatic nitrogens is 16. The van der Waals surface area contributed by atoms with E-state index in [0.29, 0.717) is 0 Å². The van der Waals surface area contributed by atoms with E-state index in [9.17, 15) is 68.3 Å². The molecule has 19 atom stereocenters. The van der Waals surface area contributed by atoms with Crippen LogP contribution in [-0.4, -0.2) is 240 Å². The molecule has 45 nitrogen and oxygen atoms in total. The zero-order valence-corrected chi connectivity index (χ0v) is 49.5. The molecule has 8 aromatic rings. The van der Waals surface area contributed by atoms with Gasteiger partial charge in [0.05, 0.1) is 51.7 Å². The summed E-state index contributed by atoms with van der Waals surface area (Å²) >= 11 is 0. The van der Waals surface area contributed by atoms with Crippen LogP contribution in [0.2, 0.25) is 0 Å². The maximum atomic E-state index is 14.1. The third-order valence-corrected chi connectivity index (χ3v) is 18.3. The molecule has 0 spiro atoms. The minimum absolute atomic E-state index is 0.00216. The van der Waals surface area contributed by atoms with Crippen molar-refractivity contribution < 1.29 is 119 Å². The van der Waals surface area contributed by atoms with Crippen molar-refractivity contribution >= 4 is 98.8 Å². The second kappa shape index (κ2) is 25.1. The Kier molecular flexibility index (Phi) is 17.8. The van der Waals surface area contributed by atoms with Gasteiger partial charge in [0.2, 0.25) is 0 Å². The first kappa shape index (κ1) is 64.6. The van der Waals surface area contributed by atoms with Gasteiger partial charge >= 0.3 is 30.8 Å². The number of anilines is 4. The molecule has 3 unspecified atom stereocenters. The summed E-state index contributed by atoms with van der Waals surface area (Å²) in [5, 5.41) is 56.7. The highest BCUT2D eigenvalue weighted by Gasteiger charge is 2.54. The average Bonchev–Trinajstić information content (AvgIpc) is 1.65. The number of aliphatic hydroxyl groups excluding tert-OH is 5. The molecule has 18 N–H and O–H groups in total. The number of nitrogens with two attached hydrogens (primary N) is 4. The van der Waals surface area contributed by atoms with E-state index in [1.807, 2.05) is 0 Å². The predicted molar refractivity (Wildman–Crippen MR) is 294 cm³/mol. The molecule has 12 rings (SSSR count). The molecule has 4 aliphatic rings. The Morgan fingerprint density at radius 1 is 0.396 bits per heavy atom. The van der Waals surface area contributed by atoms with Gasteiger partial charge in [-0.15, -0.1) is 0 Å². The van der Waals surface area contributed by atoms with Gasteiger partial charge in [0.1, 0.15) is 133 Å². The first-order chi connectivity index (χ1) is 43.2. The van der Waals surface area contributed by atoms with E-state index in [2.05, 4.69) is 64.3 Å². The van der Waals surface area contributed by atoms with Gasteiger partial charge in [-0.25, -0.2) is 68.9 Å². The molecule has 49 heteroatoms. The lowest BCUT2D eigenvalue weighted by atomic mass is 10.1. The molecule has 0 radical (unpaired) electrons. The lowest BCUT2D eigenvalue weighted by Crippen LogP contribution is -2.37. The van der Waals surface area contributed by atoms with Crippen molar-refractivity contribution in [3.8, 4) is 0 Å². The van der Waals surface area contributed by atoms with E-state index in [4.69, 9.17) is 69.5 Å². The Balaban J connectivity index is 0.716. The van der Waals surface area contributed by atoms with Gasteiger partial charge in [-0.05, 0) is 0 Å². The first-order valence-electron chi connectivity index (χ1n) is 26.4. The van der Waals surface area contributed by atoms with Gasteiger partial charge in [0.15, 0.2) is 70.8 Å². The first-order valence-corrected chi connectivity index (χ1v) is 33.0. The van der Waals surface area contributed by atoms with E-state index >= 15 is 0 Å². The molecule has 492 valence electrons. The maximum absolute atomic E-state index is 14.1. The van der Waals surface area contributed by atoms with Crippen molar-refractivity contribution in [3.05, 3.63) is 50.6 Å². The Labute approximate surface area is 505 Å². The van der Waals surface area contributed by atoms with Crippen molar-refractivity contribution in [1.82, 2.24) is 78.1 Å². The number of phosphoric acid groups is 2. The highest BCUT2D eigenvalue weighted by molar-refractivity contribution is 7.52. The summed E-state index contributed by atoms with van der Waals surface area (Å²) in [6.45, 7) is -3.40. The number of fused-ring (bicyclic) bond motifs is 4. The molecule has 4 fully saturated rings. The quantitative estimate of drug-likeness (QED) is 0.0255. The highest BCUT2D eigenvalue weighted by Crippen LogP contribution is 2.53. The summed E-state index contributed by atoms with van der Waals surface area (Å²) in [4.78, 5) is 101. The van der Waals surface area contributed by atoms with Gasteiger partial charge in [-0.1, -0.05) is 0 Å². The Hall–Kier alpha value is -6.52. The molecule has 0 aromatic carbocycles. The second-order valence-corrected chi connectivity index (χ2v) is 26.7. The van der Waals surface area contributed by atoms with Gasteiger partial charge in [-0.3, -0.25) is 50.0 Å². The summed E-state index contributed by atoms with van der Waals surface area (Å²) < 4.78 is 119. The number of aliphatic hydroxyl groups is 5. The summed E-state index contributed by atoms with van der Waals surface area (Å²) in [6, 6.07) is 0. The normalized spacial score (nSPS) is 30.9. The van der Waals surface area contributed by atoms with Crippen molar-refractivity contribution in [2.24, 2.45) is 0 Å². The van der Waals surface area contributed by atoms with Crippen LogP contribution in [0.5, 0.6) is 0 Å². The van der Waals surface area contributed by atoms with Gasteiger partial charge in [-0.2, -0.15) is 0 Å². The van der Waals surface area contributed by atoms with Crippen LogP contribution < -0.4 is 22.9 Å². The molecule has 0 amide bonds. The van der Waals surface area contributed by atoms with Crippen LogP contribution in [0.1, 0.15) is 24.9 Å². The third-order valence-electron chi connectivity index (χ3n) is 14.6. The topological polar surface area (TPSA) is 651 Å². The number of hydrogen-bond acceptors (Lipinski definition) is 36. The van der Waals surface area contributed by atoms with Crippen LogP contribution >= 0.6 is 30.8 Å². The number of imidazole rings is 4. The molecule has 12 heterocycles. The molecule has 8 aromatic heterocycles. The molecule has 0 bridgehead atoms. The number of ether oxygens (including phenoxy) is 6. The Bertz CT molecular complexity index is 4190. The summed E-state index contributed by atoms with van der Waals surface area (Å²) in [5.41, 5.74) is 24.2. The number of rotatable bonds is 24. The van der Waals surface area contributed by atoms with Gasteiger partial charge in [0.25, 0.3) is 0 Å². The number of phosphoric ester groups is 2. The Morgan fingerprint density at radius 3 is 1.07 bits per heavy atom. The smallest absolute Gasteiger partial charge is 0.387 e. The Morgan fingerprint density at radius 2 is 0.703 bits per heavy atom. The van der Waals surface area contributed by atoms with E-state index < -0.39 is 168 Å². The summed E-state index contributed by atoms with van der Waals surface area (Å²) in [6.07, 6.45) is -20.7. The molecule has 4 saturated heterocycles. The molecular weight excluding hydrogens is 1310 g/mol. The van der Waals surface area contributed by atoms with Crippen LogP contribution in [0.25, 0.3) is 44.7 Å². The molecule has 91 heavy (non-hydrogen) atoms. The van der Waals surface area contributed by atoms with Crippen molar-refractivity contribution in [3.63, 3.8) is 0 Å². The lowest BCUT2D eigenvalue weighted by molar-refractivity contribution is -0.0672. The van der Waals surface area contributed by atoms with Crippen LogP contribution in [0.3, 0.4) is 0 Å². The third kappa shape index (κ3) is 13.0. The predicted octanol–water partition coefficient (Wildman–Crippen LogP) is -4.23. The number of hydrogen-bond donors (Lipinski definition) is 14. The van der Waals surface area contributed by atoms with E-state index in [1.54, 1.807) is 0 Å². The lowest BCUT2D eigenvalue weighted by Gasteiger charge is -2.25. The fourth-order valence-corrected chi connectivity index (χ4v) is 13.7. The molecule has 0 saturated carbocycles. The largest absolute Gasteiger partial charge is 0.472 e. The molecular formula is C42H54N20O25P4. The summed E-state index contributed by atoms with van der Waals surface area (Å²) in [7, 11) is -20.7. The van der Waals surface area contributed by atoms with E-state index in [-0.39, 0.29) is 67.9 Å². The van der Waals surface area contributed by atoms with Crippen molar-refractivity contribution in [1.29, 1.82) is 0 Å². The van der Waals surface area contributed by atoms with E-state index in [0.717, 1.165) is 48.9 Å². The SMILES string of the molecule is Nc1ncnc2c1ncn2[C@@H]1O[C@H](COP(=O)(O)O[C@@H]2[C@@H](O)[C@@H](COCP(=O)(O)O[C@@H]3[C@@H](O)[C@@H](COCP(=O)(O)O[C@@H]4[C@H](O)[C@@H](COP(=O)(O)O)O[C@H]4n4cnc5c(N)ncnc54)O[C@H]3n3cnc4c(N)ncnc43)O[C@H]2n2cnc3c(N)ncnc32)[C@@H](O)[C@H]1O. The monoisotopic (exact) mass is 1360 g/mol. The second-order valence-electron chi connectivity index (χ2n) is 20.6. The van der Waals surface area contributed by atoms with Crippen molar-refractivity contribution in [2.75, 3.05) is 62.1 Å². The standard InChI is InChI=1S/C42H54N20O25P4/c43-31-19-35(51-5-47-31)59(9-55-19)39-27(67)23(63)17(81-39)4-80-91(75,76)87-30-25(65)16(83-42(30)62-12-58-22-34(46)50-8-54-38(22)62)2-78-14-88(68,69)85-28-24(64)15(82-40(28)60-10-56-20-32(44)48-6-52-36(20)60)1-77-13-89(70,71)86-29-26(66)18(3-79-90(72,73)74)84-41(29)61-11-57-21-33(45)49-7-53-37(21)61/h5-12,15-18,23-30,39-42,63-67H,1-4,13-14H2,(H,68,69)(H,70,71)(H,75,76)(H2,43,47,51)(H2,44,48,52)(H2,45,49,53)(H2,46,50,54)(H2,72,73,74)/t15-,16-,17-,18-,23-,24+,25+,26-,27-,28-,29-,30-,39-,40-,41-,42-/m1/s1. The van der Waals surface area contributed by atoms with Crippen LogP contribution in [0.4, 0.5) is 23.3 Å². The zero-order chi connectivity index (χ0) is 64.6. The fraction of sp³-hybridized carbons (Fsp3) is 0.524. The molecule has 4 aliphatic heterocycles. The maximum Gasteiger partial charge on any atom is 0.472 e. The fourth-order valence-electron chi connectivity index (χ4n) is 10.4. The van der Waals surface area contributed by atoms with Gasteiger partial charge < -0.3 is 101 Å². The number of nitrogen functional groups attached to an aromatic ring is 4. The van der Waals surface area contributed by atoms with Crippen LogP contribution in [-0.2, 0) is 69.3 Å². The molecule has 0 aliphatic carbocycles. The minimum Gasteiger partial charge on any atom is -0.387 e. The van der Waals surface area contributed by atoms with Crippen LogP contribution in [0.15, 0.2) is 50.6 Å². The van der Waals surface area contributed by atoms with E-state index in [1.165, 1.54) is 20.0 Å². The zero-order valence-electron chi connectivity index (χ0n) is 45.9. The van der Waals surface area contributed by atoms with Gasteiger partial charge in [0, 0.05) is 0 Å². The average molecular weight is 1360 g/mol. The number of nitrogens with zero attached hydrogens (tertiary/aromatic N) is 16. The van der Waals surface area contributed by atoms with Crippen molar-refractivity contribution in [2.45, 2.75) is 98.2 Å². The van der Waals surface area contributed by atoms with Crippen LogP contribution in [0, 0.1) is 0 Å². The summed E-state index contributed by atoms with van der Waals surface area (Å²) in [5.74, 6) is -0.257.